The molecular weight excluding hydrogens is 271 g/mol. The summed E-state index contributed by atoms with van der Waals surface area (Å²) in [5.74, 6) is -3.05. The lowest BCUT2D eigenvalue weighted by molar-refractivity contribution is -0.192. The average Bonchev–Trinajstić information content (AvgIpc) is 2.76. The molecule has 0 aromatic rings. The van der Waals surface area contributed by atoms with E-state index in [2.05, 4.69) is 4.74 Å². The van der Waals surface area contributed by atoms with Crippen LogP contribution in [0.2, 0.25) is 0 Å². The Morgan fingerprint density at radius 3 is 2.16 bits per heavy atom. The van der Waals surface area contributed by atoms with Gasteiger partial charge in [-0.3, -0.25) is 0 Å². The van der Waals surface area contributed by atoms with Crippen LogP contribution in [0.15, 0.2) is 0 Å². The molecule has 19 heavy (non-hydrogen) atoms. The van der Waals surface area contributed by atoms with Crippen LogP contribution in [0.4, 0.5) is 13.2 Å². The molecule has 0 bridgehead atoms. The van der Waals surface area contributed by atoms with Gasteiger partial charge >= 0.3 is 18.1 Å². The molecule has 0 amide bonds. The molecule has 1 aliphatic rings. The molecule has 1 heterocycles. The Hall–Kier alpha value is -1.35. The van der Waals surface area contributed by atoms with Gasteiger partial charge in [-0.25, -0.2) is 9.59 Å². The SMILES string of the molecule is COC(=O)[C@H]1CC[C@@H]([C@@H](C)N)O1.O=C(O)C(F)(F)F. The lowest BCUT2D eigenvalue weighted by Crippen LogP contribution is -2.33. The topological polar surface area (TPSA) is 98.9 Å². The van der Waals surface area contributed by atoms with Crippen molar-refractivity contribution in [1.29, 1.82) is 0 Å². The minimum absolute atomic E-state index is 0.00843. The number of aliphatic carboxylic acids is 1. The first kappa shape index (κ1) is 17.6. The number of alkyl halides is 3. The molecule has 0 aromatic heterocycles. The van der Waals surface area contributed by atoms with E-state index < -0.39 is 18.2 Å². The average molecular weight is 287 g/mol. The van der Waals surface area contributed by atoms with Crippen LogP contribution < -0.4 is 5.73 Å². The molecule has 0 aliphatic carbocycles. The quantitative estimate of drug-likeness (QED) is 0.725. The molecular formula is C10H16F3NO5. The first-order chi connectivity index (χ1) is 8.59. The summed E-state index contributed by atoms with van der Waals surface area (Å²) in [4.78, 5) is 19.9. The van der Waals surface area contributed by atoms with Crippen molar-refractivity contribution < 1.29 is 37.3 Å². The van der Waals surface area contributed by atoms with Gasteiger partial charge in [-0.05, 0) is 19.8 Å². The Balaban J connectivity index is 0.000000399. The highest BCUT2D eigenvalue weighted by Crippen LogP contribution is 2.22. The lowest BCUT2D eigenvalue weighted by atomic mass is 10.1. The maximum absolute atomic E-state index is 11.0. The number of carbonyl (C=O) groups is 2. The second kappa shape index (κ2) is 7.29. The maximum Gasteiger partial charge on any atom is 0.490 e. The van der Waals surface area contributed by atoms with E-state index in [4.69, 9.17) is 20.4 Å². The van der Waals surface area contributed by atoms with Gasteiger partial charge in [-0.1, -0.05) is 0 Å². The molecule has 9 heteroatoms. The smallest absolute Gasteiger partial charge is 0.475 e. The van der Waals surface area contributed by atoms with Gasteiger partial charge in [0.2, 0.25) is 0 Å². The van der Waals surface area contributed by atoms with E-state index in [9.17, 15) is 18.0 Å². The van der Waals surface area contributed by atoms with Crippen molar-refractivity contribution >= 4 is 11.9 Å². The second-order valence-electron chi connectivity index (χ2n) is 3.93. The number of nitrogens with two attached hydrogens (primary N) is 1. The normalized spacial score (nSPS) is 24.1. The fourth-order valence-corrected chi connectivity index (χ4v) is 1.35. The van der Waals surface area contributed by atoms with Gasteiger partial charge in [0.1, 0.15) is 0 Å². The van der Waals surface area contributed by atoms with E-state index in [-0.39, 0.29) is 18.1 Å². The molecule has 0 saturated carbocycles. The molecule has 112 valence electrons. The number of esters is 1. The number of hydrogen-bond acceptors (Lipinski definition) is 5. The summed E-state index contributed by atoms with van der Waals surface area (Å²) in [7, 11) is 1.37. The fourth-order valence-electron chi connectivity index (χ4n) is 1.35. The molecule has 1 aliphatic heterocycles. The van der Waals surface area contributed by atoms with Gasteiger partial charge in [0.15, 0.2) is 6.10 Å². The van der Waals surface area contributed by atoms with Gasteiger partial charge in [0.25, 0.3) is 0 Å². The highest BCUT2D eigenvalue weighted by Gasteiger charge is 2.38. The minimum atomic E-state index is -5.08. The first-order valence-corrected chi connectivity index (χ1v) is 5.38. The summed E-state index contributed by atoms with van der Waals surface area (Å²) >= 11 is 0. The summed E-state index contributed by atoms with van der Waals surface area (Å²) in [6.45, 7) is 1.88. The second-order valence-corrected chi connectivity index (χ2v) is 3.93. The highest BCUT2D eigenvalue weighted by atomic mass is 19.4. The predicted molar refractivity (Wildman–Crippen MR) is 57.3 cm³/mol. The summed E-state index contributed by atoms with van der Waals surface area (Å²) < 4.78 is 41.7. The van der Waals surface area contributed by atoms with Gasteiger partial charge in [-0.15, -0.1) is 0 Å². The van der Waals surface area contributed by atoms with Crippen LogP contribution in [-0.2, 0) is 19.1 Å². The van der Waals surface area contributed by atoms with Crippen molar-refractivity contribution in [3.63, 3.8) is 0 Å². The third kappa shape index (κ3) is 6.39. The first-order valence-electron chi connectivity index (χ1n) is 5.38. The number of methoxy groups -OCH3 is 1. The van der Waals surface area contributed by atoms with Crippen LogP contribution in [0.5, 0.6) is 0 Å². The zero-order chi connectivity index (χ0) is 15.2. The van der Waals surface area contributed by atoms with Crippen molar-refractivity contribution in [2.45, 2.75) is 44.2 Å². The Morgan fingerprint density at radius 1 is 1.42 bits per heavy atom. The Kier molecular flexibility index (Phi) is 6.77. The molecule has 3 atom stereocenters. The van der Waals surface area contributed by atoms with Crippen LogP contribution in [0, 0.1) is 0 Å². The predicted octanol–water partition coefficient (Wildman–Crippen LogP) is 0.687. The third-order valence-corrected chi connectivity index (χ3v) is 2.35. The van der Waals surface area contributed by atoms with E-state index in [0.29, 0.717) is 0 Å². The molecule has 0 radical (unpaired) electrons. The minimum Gasteiger partial charge on any atom is -0.475 e. The zero-order valence-corrected chi connectivity index (χ0v) is 10.4. The zero-order valence-electron chi connectivity index (χ0n) is 10.4. The van der Waals surface area contributed by atoms with Crippen molar-refractivity contribution in [3.05, 3.63) is 0 Å². The Labute approximate surface area is 107 Å². The molecule has 0 unspecified atom stereocenters. The van der Waals surface area contributed by atoms with Crippen LogP contribution in [-0.4, -0.2) is 48.6 Å². The lowest BCUT2D eigenvalue weighted by Gasteiger charge is -2.14. The number of ether oxygens (including phenoxy) is 2. The van der Waals surface area contributed by atoms with E-state index in [1.807, 2.05) is 6.92 Å². The van der Waals surface area contributed by atoms with Crippen molar-refractivity contribution in [2.24, 2.45) is 5.73 Å². The van der Waals surface area contributed by atoms with Crippen molar-refractivity contribution in [1.82, 2.24) is 0 Å². The highest BCUT2D eigenvalue weighted by molar-refractivity contribution is 5.74. The van der Waals surface area contributed by atoms with Crippen LogP contribution >= 0.6 is 0 Å². The molecule has 0 aromatic carbocycles. The Bertz CT molecular complexity index is 319. The van der Waals surface area contributed by atoms with Crippen LogP contribution in [0.1, 0.15) is 19.8 Å². The number of carbonyl (C=O) groups excluding carboxylic acids is 1. The number of carboxylic acid groups (broad SMARTS) is 1. The molecule has 3 N–H and O–H groups in total. The molecule has 6 nitrogen and oxygen atoms in total. The molecule has 1 rings (SSSR count). The molecule has 1 saturated heterocycles. The van der Waals surface area contributed by atoms with Gasteiger partial charge in [0.05, 0.1) is 13.2 Å². The number of rotatable bonds is 2. The van der Waals surface area contributed by atoms with Gasteiger partial charge in [0, 0.05) is 6.04 Å². The van der Waals surface area contributed by atoms with Gasteiger partial charge < -0.3 is 20.3 Å². The van der Waals surface area contributed by atoms with Crippen LogP contribution in [0.3, 0.4) is 0 Å². The van der Waals surface area contributed by atoms with E-state index in [1.54, 1.807) is 0 Å². The number of halogens is 3. The monoisotopic (exact) mass is 287 g/mol. The largest absolute Gasteiger partial charge is 0.490 e. The molecule has 0 spiro atoms. The number of hydrogen-bond donors (Lipinski definition) is 2. The summed E-state index contributed by atoms with van der Waals surface area (Å²) in [5.41, 5.74) is 5.62. The van der Waals surface area contributed by atoms with Crippen LogP contribution in [0.25, 0.3) is 0 Å². The third-order valence-electron chi connectivity index (χ3n) is 2.35. The van der Waals surface area contributed by atoms with E-state index in [0.717, 1.165) is 12.8 Å². The van der Waals surface area contributed by atoms with Crippen molar-refractivity contribution in [3.8, 4) is 0 Å². The van der Waals surface area contributed by atoms with E-state index >= 15 is 0 Å². The Morgan fingerprint density at radius 2 is 1.89 bits per heavy atom. The maximum atomic E-state index is 11.0. The van der Waals surface area contributed by atoms with Gasteiger partial charge in [-0.2, -0.15) is 13.2 Å². The fraction of sp³-hybridized carbons (Fsp3) is 0.800. The summed E-state index contributed by atoms with van der Waals surface area (Å²) in [6.07, 6.45) is -3.91. The summed E-state index contributed by atoms with van der Waals surface area (Å²) in [5, 5.41) is 7.12. The summed E-state index contributed by atoms with van der Waals surface area (Å²) in [6, 6.07) is -0.0142. The van der Waals surface area contributed by atoms with Crippen molar-refractivity contribution in [2.75, 3.05) is 7.11 Å². The standard InChI is InChI=1S/C8H15NO3.C2HF3O2/c1-5(9)6-3-4-7(12-6)8(10)11-2;3-2(4,5)1(6)7/h5-7H,3-4,9H2,1-2H3;(H,6,7)/t5-,6+,7-;/m1./s1. The van der Waals surface area contributed by atoms with E-state index in [1.165, 1.54) is 7.11 Å². The number of carboxylic acids is 1. The molecule has 1 fully saturated rings.